The van der Waals surface area contributed by atoms with Crippen molar-refractivity contribution in [3.05, 3.63) is 56.4 Å². The van der Waals surface area contributed by atoms with Gasteiger partial charge in [-0.15, -0.1) is 0 Å². The molecule has 0 atom stereocenters. The number of nitrogens with zero attached hydrogens (tertiary/aromatic N) is 2. The van der Waals surface area contributed by atoms with E-state index >= 15 is 0 Å². The third-order valence-electron chi connectivity index (χ3n) is 6.47. The Balaban J connectivity index is 1.39. The Morgan fingerprint density at radius 2 is 1.82 bits per heavy atom. The number of imide groups is 1. The predicted octanol–water partition coefficient (Wildman–Crippen LogP) is 4.75. The lowest BCUT2D eigenvalue weighted by Crippen LogP contribution is -2.40. The summed E-state index contributed by atoms with van der Waals surface area (Å²) in [7, 11) is 1.47. The first-order valence-electron chi connectivity index (χ1n) is 12.1. The number of ether oxygens (including phenoxy) is 2. The van der Waals surface area contributed by atoms with E-state index in [-0.39, 0.29) is 29.9 Å². The number of likely N-dealkylation sites (tertiary alicyclic amines) is 1. The second-order valence-corrected chi connectivity index (χ2v) is 10.8. The van der Waals surface area contributed by atoms with Crippen LogP contribution in [-0.2, 0) is 14.4 Å². The number of nitrogens with one attached hydrogen (secondary N) is 1. The molecule has 38 heavy (non-hydrogen) atoms. The van der Waals surface area contributed by atoms with Crippen molar-refractivity contribution >= 4 is 62.4 Å². The molecular weight excluding hydrogens is 574 g/mol. The Morgan fingerprint density at radius 1 is 1.08 bits per heavy atom. The highest BCUT2D eigenvalue weighted by atomic mass is 79.9. The van der Waals surface area contributed by atoms with Gasteiger partial charge in [0.25, 0.3) is 17.1 Å². The molecule has 0 aromatic heterocycles. The van der Waals surface area contributed by atoms with Crippen LogP contribution in [-0.4, -0.2) is 66.1 Å². The SMILES string of the molecule is COc1cc(/C=C2/SC(=O)N(CC(=O)N3CCCC3)C2=O)ccc1OCC(=O)Nc1ccc(Br)c(C)c1C. The first-order valence-corrected chi connectivity index (χ1v) is 13.7. The molecule has 2 aromatic carbocycles. The minimum absolute atomic E-state index is 0.219. The minimum Gasteiger partial charge on any atom is -0.493 e. The van der Waals surface area contributed by atoms with Crippen molar-refractivity contribution in [2.75, 3.05) is 38.7 Å². The van der Waals surface area contributed by atoms with E-state index in [4.69, 9.17) is 9.47 Å². The fourth-order valence-electron chi connectivity index (χ4n) is 4.14. The van der Waals surface area contributed by atoms with E-state index in [2.05, 4.69) is 21.2 Å². The van der Waals surface area contributed by atoms with Crippen molar-refractivity contribution in [2.24, 2.45) is 0 Å². The van der Waals surface area contributed by atoms with Gasteiger partial charge in [0.05, 0.1) is 12.0 Å². The van der Waals surface area contributed by atoms with E-state index in [0.29, 0.717) is 35.8 Å². The number of thioether (sulfide) groups is 1. The zero-order chi connectivity index (χ0) is 27.4. The van der Waals surface area contributed by atoms with Gasteiger partial charge >= 0.3 is 0 Å². The summed E-state index contributed by atoms with van der Waals surface area (Å²) in [6.45, 7) is 4.73. The van der Waals surface area contributed by atoms with Crippen LogP contribution in [0.4, 0.5) is 10.5 Å². The lowest BCUT2D eigenvalue weighted by Gasteiger charge is -2.18. The van der Waals surface area contributed by atoms with E-state index in [0.717, 1.165) is 45.1 Å². The summed E-state index contributed by atoms with van der Waals surface area (Å²) in [5, 5.41) is 2.38. The average Bonchev–Trinajstić information content (AvgIpc) is 3.53. The van der Waals surface area contributed by atoms with Gasteiger partial charge in [0, 0.05) is 23.2 Å². The van der Waals surface area contributed by atoms with Crippen LogP contribution in [0.1, 0.15) is 29.5 Å². The maximum atomic E-state index is 12.8. The van der Waals surface area contributed by atoms with E-state index in [1.807, 2.05) is 26.0 Å². The molecule has 2 fully saturated rings. The Hall–Kier alpha value is -3.31. The van der Waals surface area contributed by atoms with Gasteiger partial charge in [0.1, 0.15) is 6.54 Å². The third-order valence-corrected chi connectivity index (χ3v) is 8.23. The van der Waals surface area contributed by atoms with Crippen LogP contribution in [0.15, 0.2) is 39.7 Å². The molecule has 0 saturated carbocycles. The number of methoxy groups -OCH3 is 1. The average molecular weight is 603 g/mol. The van der Waals surface area contributed by atoms with Gasteiger partial charge in [-0.2, -0.15) is 0 Å². The van der Waals surface area contributed by atoms with Crippen molar-refractivity contribution in [1.29, 1.82) is 0 Å². The zero-order valence-corrected chi connectivity index (χ0v) is 23.7. The van der Waals surface area contributed by atoms with Crippen molar-refractivity contribution < 1.29 is 28.7 Å². The highest BCUT2D eigenvalue weighted by molar-refractivity contribution is 9.10. The van der Waals surface area contributed by atoms with E-state index < -0.39 is 11.1 Å². The second-order valence-electron chi connectivity index (χ2n) is 8.95. The number of hydrogen-bond acceptors (Lipinski definition) is 7. The van der Waals surface area contributed by atoms with Gasteiger partial charge in [-0.1, -0.05) is 22.0 Å². The number of rotatable bonds is 8. The fourth-order valence-corrected chi connectivity index (χ4v) is 5.40. The standard InChI is InChI=1S/C27H28BrN3O6S/c1-16-17(2)20(8-7-19(16)28)29-24(32)15-37-21-9-6-18(12-22(21)36-3)13-23-26(34)31(27(35)38-23)14-25(33)30-10-4-5-11-30/h6-9,12-13H,4-5,10-11,14-15H2,1-3H3,(H,29,32)/b23-13+. The van der Waals surface area contributed by atoms with Gasteiger partial charge in [0.2, 0.25) is 5.91 Å². The lowest BCUT2D eigenvalue weighted by molar-refractivity contribution is -0.135. The Bertz CT molecular complexity index is 1320. The number of halogens is 1. The first kappa shape index (κ1) is 27.7. The summed E-state index contributed by atoms with van der Waals surface area (Å²) < 4.78 is 12.1. The number of hydrogen-bond donors (Lipinski definition) is 1. The van der Waals surface area contributed by atoms with Crippen molar-refractivity contribution in [1.82, 2.24) is 9.80 Å². The molecule has 4 amide bonds. The molecule has 0 aliphatic carbocycles. The molecule has 0 spiro atoms. The molecule has 2 saturated heterocycles. The molecule has 9 nitrogen and oxygen atoms in total. The Labute approximate surface area is 233 Å². The summed E-state index contributed by atoms with van der Waals surface area (Å²) in [5.41, 5.74) is 3.31. The Kier molecular flexibility index (Phi) is 8.78. The maximum absolute atomic E-state index is 12.8. The first-order chi connectivity index (χ1) is 18.2. The van der Waals surface area contributed by atoms with Crippen LogP contribution in [0, 0.1) is 13.8 Å². The molecular formula is C27H28BrN3O6S. The molecule has 0 radical (unpaired) electrons. The molecule has 4 rings (SSSR count). The molecule has 200 valence electrons. The number of carbonyl (C=O) groups is 4. The highest BCUT2D eigenvalue weighted by Gasteiger charge is 2.37. The topological polar surface area (TPSA) is 105 Å². The van der Waals surface area contributed by atoms with Crippen LogP contribution in [0.3, 0.4) is 0 Å². The van der Waals surface area contributed by atoms with Gasteiger partial charge < -0.3 is 19.7 Å². The van der Waals surface area contributed by atoms with Crippen LogP contribution in [0.2, 0.25) is 0 Å². The zero-order valence-electron chi connectivity index (χ0n) is 21.3. The highest BCUT2D eigenvalue weighted by Crippen LogP contribution is 2.35. The Morgan fingerprint density at radius 3 is 2.53 bits per heavy atom. The number of carbonyl (C=O) groups excluding carboxylic acids is 4. The lowest BCUT2D eigenvalue weighted by atomic mass is 10.1. The maximum Gasteiger partial charge on any atom is 0.294 e. The molecule has 2 aliphatic heterocycles. The van der Waals surface area contributed by atoms with Gasteiger partial charge in [-0.25, -0.2) is 0 Å². The van der Waals surface area contributed by atoms with Gasteiger partial charge in [0.15, 0.2) is 18.1 Å². The monoisotopic (exact) mass is 601 g/mol. The number of anilines is 1. The second kappa shape index (κ2) is 12.0. The minimum atomic E-state index is -0.498. The predicted molar refractivity (Wildman–Crippen MR) is 149 cm³/mol. The molecule has 2 aliphatic rings. The summed E-state index contributed by atoms with van der Waals surface area (Å²) in [6, 6.07) is 8.68. The molecule has 2 aromatic rings. The van der Waals surface area contributed by atoms with E-state index in [1.54, 1.807) is 29.2 Å². The van der Waals surface area contributed by atoms with Crippen LogP contribution >= 0.6 is 27.7 Å². The third kappa shape index (κ3) is 6.21. The van der Waals surface area contributed by atoms with Gasteiger partial charge in [-0.05, 0) is 85.5 Å². The fraction of sp³-hybridized carbons (Fsp3) is 0.333. The van der Waals surface area contributed by atoms with Crippen molar-refractivity contribution in [3.8, 4) is 11.5 Å². The molecule has 0 bridgehead atoms. The molecule has 2 heterocycles. The smallest absolute Gasteiger partial charge is 0.294 e. The quantitative estimate of drug-likeness (QED) is 0.435. The van der Waals surface area contributed by atoms with Crippen LogP contribution in [0.25, 0.3) is 6.08 Å². The number of benzene rings is 2. The van der Waals surface area contributed by atoms with Crippen LogP contribution < -0.4 is 14.8 Å². The number of amides is 4. The summed E-state index contributed by atoms with van der Waals surface area (Å²) in [4.78, 5) is 53.0. The normalized spacial score (nSPS) is 16.4. The van der Waals surface area contributed by atoms with E-state index in [1.165, 1.54) is 7.11 Å². The molecule has 1 N–H and O–H groups in total. The summed E-state index contributed by atoms with van der Waals surface area (Å²) in [6.07, 6.45) is 3.44. The molecule has 11 heteroatoms. The van der Waals surface area contributed by atoms with Gasteiger partial charge in [-0.3, -0.25) is 24.1 Å². The van der Waals surface area contributed by atoms with Crippen molar-refractivity contribution in [2.45, 2.75) is 26.7 Å². The molecule has 0 unspecified atom stereocenters. The largest absolute Gasteiger partial charge is 0.493 e. The summed E-state index contributed by atoms with van der Waals surface area (Å²) in [5.74, 6) is -0.317. The van der Waals surface area contributed by atoms with Crippen molar-refractivity contribution in [3.63, 3.8) is 0 Å². The van der Waals surface area contributed by atoms with E-state index in [9.17, 15) is 19.2 Å². The van der Waals surface area contributed by atoms with Crippen LogP contribution in [0.5, 0.6) is 11.5 Å². The summed E-state index contributed by atoms with van der Waals surface area (Å²) >= 11 is 4.27.